The maximum absolute atomic E-state index is 5.97. The second-order valence-electron chi connectivity index (χ2n) is 4.70. The second-order valence-corrected chi connectivity index (χ2v) is 6.11. The zero-order chi connectivity index (χ0) is 15.4. The van der Waals surface area contributed by atoms with Gasteiger partial charge >= 0.3 is 0 Å². The fraction of sp³-hybridized carbons (Fsp3) is 0.312. The lowest BCUT2D eigenvalue weighted by Gasteiger charge is -2.15. The Hall–Kier alpha value is -1.07. The number of pyridine rings is 1. The highest BCUT2D eigenvalue weighted by Gasteiger charge is 2.12. The molecule has 1 aromatic carbocycles. The van der Waals surface area contributed by atoms with Crippen molar-refractivity contribution in [3.05, 3.63) is 51.3 Å². The Kier molecular flexibility index (Phi) is 5.65. The van der Waals surface area contributed by atoms with Crippen LogP contribution in [0.2, 0.25) is 0 Å². The maximum Gasteiger partial charge on any atom is 0.138 e. The summed E-state index contributed by atoms with van der Waals surface area (Å²) < 4.78 is 12.3. The third-order valence-electron chi connectivity index (χ3n) is 3.30. The molecule has 5 heteroatoms. The molecule has 0 aliphatic carbocycles. The van der Waals surface area contributed by atoms with Gasteiger partial charge in [-0.2, -0.15) is 0 Å². The van der Waals surface area contributed by atoms with Gasteiger partial charge < -0.3 is 9.47 Å². The standard InChI is InChI=1S/C16H17Br2NO2/c1-10-8-19-14(11(2)15(10)20-3)9-21-16-12(7-17)5-4-6-13(16)18/h4-6,8H,7,9H2,1-3H3. The molecule has 112 valence electrons. The lowest BCUT2D eigenvalue weighted by Crippen LogP contribution is -2.05. The minimum atomic E-state index is 0.408. The Morgan fingerprint density at radius 1 is 1.19 bits per heavy atom. The molecular weight excluding hydrogens is 398 g/mol. The molecule has 0 aliphatic heterocycles. The highest BCUT2D eigenvalue weighted by atomic mass is 79.9. The van der Waals surface area contributed by atoms with Crippen LogP contribution in [-0.4, -0.2) is 12.1 Å². The van der Waals surface area contributed by atoms with Crippen molar-refractivity contribution >= 4 is 31.9 Å². The summed E-state index contributed by atoms with van der Waals surface area (Å²) in [5.41, 5.74) is 4.03. The Labute approximate surface area is 141 Å². The van der Waals surface area contributed by atoms with E-state index in [1.807, 2.05) is 38.2 Å². The number of hydrogen-bond acceptors (Lipinski definition) is 3. The third kappa shape index (κ3) is 3.58. The fourth-order valence-corrected chi connectivity index (χ4v) is 3.14. The Morgan fingerprint density at radius 3 is 2.62 bits per heavy atom. The van der Waals surface area contributed by atoms with Crippen LogP contribution < -0.4 is 9.47 Å². The number of para-hydroxylation sites is 1. The van der Waals surface area contributed by atoms with E-state index in [0.29, 0.717) is 6.61 Å². The normalized spacial score (nSPS) is 10.5. The van der Waals surface area contributed by atoms with Crippen molar-refractivity contribution in [2.45, 2.75) is 25.8 Å². The number of ether oxygens (including phenoxy) is 2. The smallest absolute Gasteiger partial charge is 0.138 e. The molecule has 2 aromatic rings. The van der Waals surface area contributed by atoms with E-state index in [2.05, 4.69) is 36.8 Å². The van der Waals surface area contributed by atoms with Gasteiger partial charge in [0, 0.05) is 28.2 Å². The molecule has 0 bridgehead atoms. The number of benzene rings is 1. The lowest BCUT2D eigenvalue weighted by molar-refractivity contribution is 0.294. The molecule has 0 fully saturated rings. The van der Waals surface area contributed by atoms with E-state index in [4.69, 9.17) is 9.47 Å². The Bertz CT molecular complexity index is 644. The highest BCUT2D eigenvalue weighted by molar-refractivity contribution is 9.10. The second kappa shape index (κ2) is 7.27. The highest BCUT2D eigenvalue weighted by Crippen LogP contribution is 2.32. The number of halogens is 2. The van der Waals surface area contributed by atoms with Crippen LogP contribution in [0, 0.1) is 13.8 Å². The van der Waals surface area contributed by atoms with E-state index in [0.717, 1.165) is 43.7 Å². The molecule has 0 N–H and O–H groups in total. The van der Waals surface area contributed by atoms with Gasteiger partial charge in [0.2, 0.25) is 0 Å². The lowest BCUT2D eigenvalue weighted by atomic mass is 10.1. The van der Waals surface area contributed by atoms with Crippen LogP contribution in [0.4, 0.5) is 0 Å². The molecule has 0 aliphatic rings. The van der Waals surface area contributed by atoms with Crippen LogP contribution in [0.25, 0.3) is 0 Å². The van der Waals surface area contributed by atoms with Gasteiger partial charge in [0.15, 0.2) is 0 Å². The molecule has 21 heavy (non-hydrogen) atoms. The number of aryl methyl sites for hydroxylation is 1. The molecule has 0 radical (unpaired) electrons. The first kappa shape index (κ1) is 16.3. The van der Waals surface area contributed by atoms with E-state index in [1.54, 1.807) is 7.11 Å². The van der Waals surface area contributed by atoms with Gasteiger partial charge in [0.25, 0.3) is 0 Å². The first-order chi connectivity index (χ1) is 10.1. The summed E-state index contributed by atoms with van der Waals surface area (Å²) in [6.07, 6.45) is 1.82. The average molecular weight is 415 g/mol. The van der Waals surface area contributed by atoms with Crippen molar-refractivity contribution in [3.8, 4) is 11.5 Å². The number of methoxy groups -OCH3 is 1. The van der Waals surface area contributed by atoms with Gasteiger partial charge in [0.05, 0.1) is 17.3 Å². The van der Waals surface area contributed by atoms with Crippen molar-refractivity contribution in [2.75, 3.05) is 7.11 Å². The number of hydrogen-bond donors (Lipinski definition) is 0. The molecule has 0 amide bonds. The van der Waals surface area contributed by atoms with E-state index in [-0.39, 0.29) is 0 Å². The topological polar surface area (TPSA) is 31.4 Å². The van der Waals surface area contributed by atoms with E-state index >= 15 is 0 Å². The molecule has 0 spiro atoms. The van der Waals surface area contributed by atoms with Gasteiger partial charge in [-0.25, -0.2) is 0 Å². The van der Waals surface area contributed by atoms with Crippen LogP contribution in [-0.2, 0) is 11.9 Å². The third-order valence-corrected chi connectivity index (χ3v) is 4.52. The van der Waals surface area contributed by atoms with E-state index in [9.17, 15) is 0 Å². The SMILES string of the molecule is COc1c(C)cnc(COc2c(Br)cccc2CBr)c1C. The number of alkyl halides is 1. The van der Waals surface area contributed by atoms with E-state index in [1.165, 1.54) is 0 Å². The summed E-state index contributed by atoms with van der Waals surface area (Å²) in [5, 5.41) is 0.741. The monoisotopic (exact) mass is 413 g/mol. The molecule has 3 nitrogen and oxygen atoms in total. The molecule has 0 atom stereocenters. The molecule has 0 saturated heterocycles. The molecule has 1 aromatic heterocycles. The maximum atomic E-state index is 5.97. The largest absolute Gasteiger partial charge is 0.496 e. The molecule has 2 rings (SSSR count). The summed E-state index contributed by atoms with van der Waals surface area (Å²) >= 11 is 7.01. The summed E-state index contributed by atoms with van der Waals surface area (Å²) in [7, 11) is 1.68. The van der Waals surface area contributed by atoms with Gasteiger partial charge in [-0.15, -0.1) is 0 Å². The first-order valence-electron chi connectivity index (χ1n) is 6.53. The number of nitrogens with zero attached hydrogens (tertiary/aromatic N) is 1. The Morgan fingerprint density at radius 2 is 1.95 bits per heavy atom. The molecule has 0 unspecified atom stereocenters. The minimum absolute atomic E-state index is 0.408. The molecule has 0 saturated carbocycles. The molecular formula is C16H17Br2NO2. The predicted octanol–water partition coefficient (Wildman–Crippen LogP) is 4.94. The van der Waals surface area contributed by atoms with Crippen LogP contribution in [0.3, 0.4) is 0 Å². The predicted molar refractivity (Wildman–Crippen MR) is 91.4 cm³/mol. The van der Waals surface area contributed by atoms with Crippen molar-refractivity contribution in [1.82, 2.24) is 4.98 Å². The first-order valence-corrected chi connectivity index (χ1v) is 8.45. The van der Waals surface area contributed by atoms with Gasteiger partial charge in [0.1, 0.15) is 18.1 Å². The van der Waals surface area contributed by atoms with Crippen molar-refractivity contribution in [3.63, 3.8) is 0 Å². The van der Waals surface area contributed by atoms with Crippen LogP contribution >= 0.6 is 31.9 Å². The summed E-state index contributed by atoms with van der Waals surface area (Å²) in [5.74, 6) is 1.71. The zero-order valence-corrected chi connectivity index (χ0v) is 15.4. The van der Waals surface area contributed by atoms with Gasteiger partial charge in [-0.1, -0.05) is 28.1 Å². The van der Waals surface area contributed by atoms with Gasteiger partial charge in [-0.05, 0) is 35.8 Å². The minimum Gasteiger partial charge on any atom is -0.496 e. The van der Waals surface area contributed by atoms with Crippen LogP contribution in [0.5, 0.6) is 11.5 Å². The number of aromatic nitrogens is 1. The van der Waals surface area contributed by atoms with Gasteiger partial charge in [-0.3, -0.25) is 4.98 Å². The molecule has 1 heterocycles. The van der Waals surface area contributed by atoms with Crippen molar-refractivity contribution < 1.29 is 9.47 Å². The van der Waals surface area contributed by atoms with Crippen molar-refractivity contribution in [1.29, 1.82) is 0 Å². The van der Waals surface area contributed by atoms with Crippen LogP contribution in [0.15, 0.2) is 28.9 Å². The average Bonchev–Trinajstić information content (AvgIpc) is 2.48. The zero-order valence-electron chi connectivity index (χ0n) is 12.2. The van der Waals surface area contributed by atoms with E-state index < -0.39 is 0 Å². The number of rotatable bonds is 5. The summed E-state index contributed by atoms with van der Waals surface area (Å²) in [6.45, 7) is 4.40. The van der Waals surface area contributed by atoms with Crippen LogP contribution in [0.1, 0.15) is 22.4 Å². The fourth-order valence-electron chi connectivity index (χ4n) is 2.18. The summed E-state index contributed by atoms with van der Waals surface area (Å²) in [4.78, 5) is 4.45. The summed E-state index contributed by atoms with van der Waals surface area (Å²) in [6, 6.07) is 5.99. The van der Waals surface area contributed by atoms with Crippen molar-refractivity contribution in [2.24, 2.45) is 0 Å². The Balaban J connectivity index is 2.25. The quantitative estimate of drug-likeness (QED) is 0.649.